The molecule has 0 radical (unpaired) electrons. The average Bonchev–Trinajstić information content (AvgIpc) is 2.80. The summed E-state index contributed by atoms with van der Waals surface area (Å²) >= 11 is 0. The van der Waals surface area contributed by atoms with E-state index in [-0.39, 0.29) is 30.1 Å². The zero-order chi connectivity index (χ0) is 18.0. The molecule has 0 aromatic heterocycles. The molecule has 8 heteroatoms. The van der Waals surface area contributed by atoms with Crippen molar-refractivity contribution in [1.29, 1.82) is 0 Å². The van der Waals surface area contributed by atoms with Crippen molar-refractivity contribution >= 4 is 22.7 Å². The van der Waals surface area contributed by atoms with Gasteiger partial charge in [-0.25, -0.2) is 9.18 Å². The first kappa shape index (κ1) is 17.8. The Morgan fingerprint density at radius 3 is 2.72 bits per heavy atom. The molecule has 1 unspecified atom stereocenters. The summed E-state index contributed by atoms with van der Waals surface area (Å²) in [6, 6.07) is 5.98. The lowest BCUT2D eigenvalue weighted by molar-refractivity contribution is -0.131. The molecule has 1 aromatic rings. The molecule has 1 aromatic carbocycles. The van der Waals surface area contributed by atoms with Crippen LogP contribution in [0.2, 0.25) is 0 Å². The van der Waals surface area contributed by atoms with Gasteiger partial charge < -0.3 is 15.1 Å². The summed E-state index contributed by atoms with van der Waals surface area (Å²) in [5.41, 5.74) is 0.679. The van der Waals surface area contributed by atoms with Crippen LogP contribution in [0.3, 0.4) is 0 Å². The third kappa shape index (κ3) is 3.40. The van der Waals surface area contributed by atoms with Gasteiger partial charge in [-0.2, -0.15) is 0 Å². The maximum absolute atomic E-state index is 13.4. The lowest BCUT2D eigenvalue weighted by atomic mass is 10.0. The van der Waals surface area contributed by atoms with E-state index in [9.17, 15) is 18.2 Å². The molecule has 136 valence electrons. The Morgan fingerprint density at radius 2 is 2.08 bits per heavy atom. The average molecular weight is 367 g/mol. The quantitative estimate of drug-likeness (QED) is 0.879. The zero-order valence-electron chi connectivity index (χ0n) is 14.2. The Balaban J connectivity index is 1.77. The molecule has 0 saturated carbocycles. The molecule has 1 atom stereocenters. The number of piperidine rings is 1. The van der Waals surface area contributed by atoms with E-state index in [0.29, 0.717) is 38.0 Å². The maximum Gasteiger partial charge on any atom is 0.317 e. The van der Waals surface area contributed by atoms with Gasteiger partial charge in [-0.1, -0.05) is 12.1 Å². The van der Waals surface area contributed by atoms with Crippen LogP contribution in [0.1, 0.15) is 25.3 Å². The normalized spacial score (nSPS) is 22.5. The second kappa shape index (κ2) is 7.11. The summed E-state index contributed by atoms with van der Waals surface area (Å²) in [7, 11) is -1.31. The Labute approximate surface area is 148 Å². The Morgan fingerprint density at radius 1 is 1.36 bits per heavy atom. The van der Waals surface area contributed by atoms with Crippen LogP contribution in [0.25, 0.3) is 0 Å². The number of rotatable bonds is 3. The molecular weight excluding hydrogens is 345 g/mol. The Hall–Kier alpha value is -1.96. The first-order valence-electron chi connectivity index (χ1n) is 8.42. The predicted octanol–water partition coefficient (Wildman–Crippen LogP) is 1.44. The van der Waals surface area contributed by atoms with E-state index < -0.39 is 15.7 Å². The second-order valence-electron chi connectivity index (χ2n) is 6.37. The van der Waals surface area contributed by atoms with Gasteiger partial charge in [0.25, 0.3) is 0 Å². The van der Waals surface area contributed by atoms with Gasteiger partial charge in [0.2, 0.25) is 5.91 Å². The zero-order valence-corrected chi connectivity index (χ0v) is 15.0. The highest BCUT2D eigenvalue weighted by Crippen LogP contribution is 2.38. The highest BCUT2D eigenvalue weighted by atomic mass is 32.2. The minimum atomic E-state index is -1.31. The van der Waals surface area contributed by atoms with Gasteiger partial charge in [0.1, 0.15) is 16.4 Å². The molecule has 2 aliphatic heterocycles. The van der Waals surface area contributed by atoms with Crippen molar-refractivity contribution in [3.63, 3.8) is 0 Å². The third-order valence-electron chi connectivity index (χ3n) is 4.86. The number of urea groups is 1. The van der Waals surface area contributed by atoms with E-state index in [1.54, 1.807) is 21.9 Å². The summed E-state index contributed by atoms with van der Waals surface area (Å²) < 4.78 is 26.1. The molecule has 2 saturated heterocycles. The van der Waals surface area contributed by atoms with Crippen LogP contribution in [0.4, 0.5) is 9.18 Å². The molecular formula is C17H22FN3O3S. The van der Waals surface area contributed by atoms with Gasteiger partial charge in [0.05, 0.1) is 10.8 Å². The topological polar surface area (TPSA) is 69.7 Å². The van der Waals surface area contributed by atoms with Crippen molar-refractivity contribution in [2.45, 2.75) is 31.2 Å². The maximum atomic E-state index is 13.4. The van der Waals surface area contributed by atoms with Crippen LogP contribution in [0.5, 0.6) is 0 Å². The van der Waals surface area contributed by atoms with Gasteiger partial charge in [-0.15, -0.1) is 0 Å². The monoisotopic (exact) mass is 367 g/mol. The van der Waals surface area contributed by atoms with Crippen molar-refractivity contribution in [2.24, 2.45) is 0 Å². The predicted molar refractivity (Wildman–Crippen MR) is 92.6 cm³/mol. The number of nitrogens with zero attached hydrogens (tertiary/aromatic N) is 2. The lowest BCUT2D eigenvalue weighted by Gasteiger charge is -2.43. The SMILES string of the molecule is CCNC(=O)N1CCC2(CC1)N(Cc1cccc(F)c1)C(=O)CS2=O. The van der Waals surface area contributed by atoms with Crippen LogP contribution in [-0.2, 0) is 22.1 Å². The summed E-state index contributed by atoms with van der Waals surface area (Å²) in [4.78, 5) is 26.9. The summed E-state index contributed by atoms with van der Waals surface area (Å²) in [5, 5.41) is 2.76. The van der Waals surface area contributed by atoms with Gasteiger partial charge in [0.15, 0.2) is 0 Å². The van der Waals surface area contributed by atoms with Crippen molar-refractivity contribution in [2.75, 3.05) is 25.4 Å². The van der Waals surface area contributed by atoms with Gasteiger partial charge in [-0.05, 0) is 24.6 Å². The van der Waals surface area contributed by atoms with Crippen LogP contribution in [-0.4, -0.2) is 56.2 Å². The van der Waals surface area contributed by atoms with E-state index in [0.717, 1.165) is 0 Å². The number of amides is 3. The Bertz CT molecular complexity index is 704. The molecule has 1 N–H and O–H groups in total. The summed E-state index contributed by atoms with van der Waals surface area (Å²) in [6.45, 7) is 3.55. The van der Waals surface area contributed by atoms with Crippen molar-refractivity contribution < 1.29 is 18.2 Å². The number of hydrogen-bond acceptors (Lipinski definition) is 3. The van der Waals surface area contributed by atoms with E-state index in [1.807, 2.05) is 6.92 Å². The molecule has 1 spiro atoms. The minimum absolute atomic E-state index is 0.00350. The summed E-state index contributed by atoms with van der Waals surface area (Å²) in [6.07, 6.45) is 0.940. The van der Waals surface area contributed by atoms with E-state index in [4.69, 9.17) is 0 Å². The second-order valence-corrected chi connectivity index (χ2v) is 8.11. The van der Waals surface area contributed by atoms with Gasteiger partial charge in [0, 0.05) is 39.0 Å². The molecule has 0 aliphatic carbocycles. The number of carbonyl (C=O) groups is 2. The van der Waals surface area contributed by atoms with Gasteiger partial charge >= 0.3 is 6.03 Å². The molecule has 6 nitrogen and oxygen atoms in total. The number of nitrogens with one attached hydrogen (secondary N) is 1. The van der Waals surface area contributed by atoms with Gasteiger partial charge in [-0.3, -0.25) is 9.00 Å². The minimum Gasteiger partial charge on any atom is -0.338 e. The molecule has 2 heterocycles. The fraction of sp³-hybridized carbons (Fsp3) is 0.529. The lowest BCUT2D eigenvalue weighted by Crippen LogP contribution is -2.56. The number of benzene rings is 1. The van der Waals surface area contributed by atoms with Crippen molar-refractivity contribution in [1.82, 2.24) is 15.1 Å². The molecule has 2 aliphatic rings. The summed E-state index contributed by atoms with van der Waals surface area (Å²) in [5.74, 6) is -0.532. The molecule has 3 rings (SSSR count). The first-order valence-corrected chi connectivity index (χ1v) is 9.74. The fourth-order valence-corrected chi connectivity index (χ4v) is 5.24. The first-order chi connectivity index (χ1) is 12.0. The molecule has 25 heavy (non-hydrogen) atoms. The largest absolute Gasteiger partial charge is 0.338 e. The number of halogens is 1. The van der Waals surface area contributed by atoms with Crippen LogP contribution in [0, 0.1) is 5.82 Å². The van der Waals surface area contributed by atoms with Crippen LogP contribution in [0.15, 0.2) is 24.3 Å². The fourth-order valence-electron chi connectivity index (χ4n) is 3.54. The number of carbonyl (C=O) groups excluding carboxylic acids is 2. The van der Waals surface area contributed by atoms with Crippen molar-refractivity contribution in [3.05, 3.63) is 35.6 Å². The van der Waals surface area contributed by atoms with Crippen molar-refractivity contribution in [3.8, 4) is 0 Å². The smallest absolute Gasteiger partial charge is 0.317 e. The highest BCUT2D eigenvalue weighted by Gasteiger charge is 2.53. The van der Waals surface area contributed by atoms with Crippen LogP contribution >= 0.6 is 0 Å². The third-order valence-corrected chi connectivity index (χ3v) is 6.85. The highest BCUT2D eigenvalue weighted by molar-refractivity contribution is 7.87. The standard InChI is InChI=1S/C17H22FN3O3S/c1-2-19-16(23)20-8-6-17(7-9-20)21(15(22)12-25(17)24)11-13-4-3-5-14(18)10-13/h3-5,10H,2,6-9,11-12H2,1H3,(H,19,23). The van der Waals surface area contributed by atoms with E-state index in [2.05, 4.69) is 5.32 Å². The van der Waals surface area contributed by atoms with E-state index >= 15 is 0 Å². The Kier molecular flexibility index (Phi) is 5.08. The molecule has 2 fully saturated rings. The van der Waals surface area contributed by atoms with E-state index in [1.165, 1.54) is 12.1 Å². The molecule has 3 amide bonds. The van der Waals surface area contributed by atoms with Crippen LogP contribution < -0.4 is 5.32 Å². The number of likely N-dealkylation sites (tertiary alicyclic amines) is 1. The molecule has 0 bridgehead atoms. The number of hydrogen-bond donors (Lipinski definition) is 1.